The fraction of sp³-hybridized carbons (Fsp3) is 0.568. The molecule has 7 heteroatoms. The highest BCUT2D eigenvalue weighted by atomic mass is 31.1. The molecule has 0 radical (unpaired) electrons. The molecule has 238 valence electrons. The first-order valence-corrected chi connectivity index (χ1v) is 17.9. The number of likely N-dealkylation sites (tertiary alicyclic amines) is 2. The van der Waals surface area contributed by atoms with Crippen LogP contribution in [0.5, 0.6) is 0 Å². The molecule has 4 rings (SSSR count). The van der Waals surface area contributed by atoms with E-state index in [1.807, 2.05) is 36.9 Å². The van der Waals surface area contributed by atoms with E-state index in [1.165, 1.54) is 11.1 Å². The molecule has 5 atom stereocenters. The Kier molecular flexibility index (Phi) is 12.0. The van der Waals surface area contributed by atoms with Crippen LogP contribution in [0.4, 0.5) is 0 Å². The van der Waals surface area contributed by atoms with Gasteiger partial charge in [0.05, 0.1) is 19.7 Å². The quantitative estimate of drug-likeness (QED) is 0.224. The average Bonchev–Trinajstić information content (AvgIpc) is 3.49. The Morgan fingerprint density at radius 2 is 1.75 bits per heavy atom. The molecular weight excluding hydrogens is 567 g/mol. The van der Waals surface area contributed by atoms with Gasteiger partial charge in [-0.05, 0) is 81.4 Å². The van der Waals surface area contributed by atoms with Crippen molar-refractivity contribution in [2.24, 2.45) is 11.8 Å². The van der Waals surface area contributed by atoms with Gasteiger partial charge in [0.1, 0.15) is 11.0 Å². The van der Waals surface area contributed by atoms with Gasteiger partial charge in [0.15, 0.2) is 5.78 Å². The zero-order valence-corrected chi connectivity index (χ0v) is 28.3. The Morgan fingerprint density at radius 3 is 2.39 bits per heavy atom. The first kappa shape index (κ1) is 34.1. The third-order valence-corrected chi connectivity index (χ3v) is 12.0. The Morgan fingerprint density at radius 1 is 1.05 bits per heavy atom. The molecule has 0 bridgehead atoms. The summed E-state index contributed by atoms with van der Waals surface area (Å²) in [6.07, 6.45) is 12.1. The molecule has 1 aromatic carbocycles. The predicted octanol–water partition coefficient (Wildman–Crippen LogP) is 6.83. The number of hydrogen-bond acceptors (Lipinski definition) is 4. The van der Waals surface area contributed by atoms with Crippen molar-refractivity contribution in [3.63, 3.8) is 0 Å². The molecule has 2 saturated heterocycles. The van der Waals surface area contributed by atoms with Crippen molar-refractivity contribution < 1.29 is 19.3 Å². The first-order chi connectivity index (χ1) is 21.1. The van der Waals surface area contributed by atoms with Gasteiger partial charge >= 0.3 is 0 Å². The molecular formula is C37H51N2O4P. The first-order valence-electron chi connectivity index (χ1n) is 16.6. The summed E-state index contributed by atoms with van der Waals surface area (Å²) in [6.45, 7) is 16.0. The van der Waals surface area contributed by atoms with Crippen LogP contribution in [-0.4, -0.2) is 64.0 Å². The normalized spacial score (nSPS) is 26.2. The van der Waals surface area contributed by atoms with Gasteiger partial charge < -0.3 is 14.7 Å². The Labute approximate surface area is 265 Å². The van der Waals surface area contributed by atoms with Crippen LogP contribution in [0.15, 0.2) is 59.7 Å². The van der Waals surface area contributed by atoms with Crippen LogP contribution in [0.1, 0.15) is 108 Å². The van der Waals surface area contributed by atoms with E-state index in [2.05, 4.69) is 30.6 Å². The number of ketones is 1. The smallest absolute Gasteiger partial charge is 0.230 e. The SMILES string of the molecule is C=C1CCN(C(=O)C2CCCCC2/[P+]([O-])=C(/C)c2ccccc2C(C)=O)C(CCC)/C1=C(/C=C\C)CC1CCN(C(C)=O)C1. The summed E-state index contributed by atoms with van der Waals surface area (Å²) in [5, 5.41) is 0.722. The van der Waals surface area contributed by atoms with Crippen LogP contribution in [0.25, 0.3) is 0 Å². The minimum atomic E-state index is -1.86. The summed E-state index contributed by atoms with van der Waals surface area (Å²) in [5.74, 6) is 0.300. The predicted molar refractivity (Wildman–Crippen MR) is 180 cm³/mol. The van der Waals surface area contributed by atoms with Crippen molar-refractivity contribution >= 4 is 30.7 Å². The van der Waals surface area contributed by atoms with E-state index in [1.54, 1.807) is 19.9 Å². The lowest BCUT2D eigenvalue weighted by Gasteiger charge is -2.43. The minimum absolute atomic E-state index is 0.0431. The topological polar surface area (TPSA) is 80.8 Å². The van der Waals surface area contributed by atoms with Crippen LogP contribution < -0.4 is 4.89 Å². The molecule has 3 fully saturated rings. The maximum Gasteiger partial charge on any atom is 0.230 e. The number of allylic oxidation sites excluding steroid dienone is 3. The Hall–Kier alpha value is -2.82. The number of amides is 2. The molecule has 5 unspecified atom stereocenters. The fourth-order valence-electron chi connectivity index (χ4n) is 7.65. The van der Waals surface area contributed by atoms with Crippen molar-refractivity contribution in [2.45, 2.75) is 104 Å². The van der Waals surface area contributed by atoms with E-state index < -0.39 is 7.77 Å². The largest absolute Gasteiger partial charge is 0.630 e. The number of benzene rings is 1. The summed E-state index contributed by atoms with van der Waals surface area (Å²) < 4.78 is 0. The summed E-state index contributed by atoms with van der Waals surface area (Å²) in [5.41, 5.74) is 4.63. The van der Waals surface area contributed by atoms with Crippen molar-refractivity contribution in [3.05, 3.63) is 70.8 Å². The average molecular weight is 619 g/mol. The molecule has 2 aliphatic heterocycles. The number of hydrogen-bond donors (Lipinski definition) is 0. The molecule has 0 aromatic heterocycles. The number of Topliss-reactive ketones (excluding diaryl/α,β-unsaturated/α-hetero) is 1. The third kappa shape index (κ3) is 7.51. The maximum atomic E-state index is 14.6. The van der Waals surface area contributed by atoms with Crippen molar-refractivity contribution in [3.8, 4) is 0 Å². The molecule has 1 saturated carbocycles. The zero-order chi connectivity index (χ0) is 32.0. The Balaban J connectivity index is 1.68. The lowest BCUT2D eigenvalue weighted by Crippen LogP contribution is -2.51. The number of nitrogens with zero attached hydrogens (tertiary/aromatic N) is 2. The van der Waals surface area contributed by atoms with Crippen molar-refractivity contribution in [1.82, 2.24) is 9.80 Å². The minimum Gasteiger partial charge on any atom is -0.630 e. The summed E-state index contributed by atoms with van der Waals surface area (Å²) >= 11 is 0. The van der Waals surface area contributed by atoms with E-state index in [0.717, 1.165) is 87.3 Å². The second kappa shape index (κ2) is 15.5. The lowest BCUT2D eigenvalue weighted by atomic mass is 9.80. The van der Waals surface area contributed by atoms with E-state index >= 15 is 0 Å². The highest BCUT2D eigenvalue weighted by Crippen LogP contribution is 2.43. The fourth-order valence-corrected chi connectivity index (χ4v) is 9.60. The lowest BCUT2D eigenvalue weighted by molar-refractivity contribution is -0.158. The van der Waals surface area contributed by atoms with Gasteiger partial charge in [-0.2, -0.15) is 0 Å². The van der Waals surface area contributed by atoms with Crippen LogP contribution in [0, 0.1) is 11.8 Å². The van der Waals surface area contributed by atoms with Crippen LogP contribution >= 0.6 is 7.77 Å². The Bertz CT molecular complexity index is 1360. The van der Waals surface area contributed by atoms with Crippen molar-refractivity contribution in [1.29, 1.82) is 0 Å². The van der Waals surface area contributed by atoms with Gasteiger partial charge in [0, 0.05) is 44.6 Å². The van der Waals surface area contributed by atoms with Gasteiger partial charge in [-0.1, -0.05) is 62.8 Å². The van der Waals surface area contributed by atoms with E-state index in [-0.39, 0.29) is 35.2 Å². The molecule has 0 spiro atoms. The second-order valence-electron chi connectivity index (χ2n) is 12.9. The highest BCUT2D eigenvalue weighted by Gasteiger charge is 2.43. The summed E-state index contributed by atoms with van der Waals surface area (Å²) in [4.78, 5) is 57.2. The van der Waals surface area contributed by atoms with Gasteiger partial charge in [-0.15, -0.1) is 0 Å². The molecule has 2 heterocycles. The van der Waals surface area contributed by atoms with E-state index in [9.17, 15) is 19.3 Å². The number of carbonyl (C=O) groups excluding carboxylic acids is 3. The molecule has 6 nitrogen and oxygen atoms in total. The third-order valence-electron chi connectivity index (χ3n) is 9.92. The molecule has 1 aliphatic carbocycles. The van der Waals surface area contributed by atoms with Crippen molar-refractivity contribution in [2.75, 3.05) is 19.6 Å². The van der Waals surface area contributed by atoms with Gasteiger partial charge in [-0.3, -0.25) is 14.4 Å². The monoisotopic (exact) mass is 618 g/mol. The standard InChI is InChI=1S/C37H51N2O4P/c1-7-13-30(23-29-20-21-38(24-29)28(6)41)36-25(3)19-22-39(34(36)14-8-2)37(42)33-17-11-12-18-35(33)44(43)27(5)32-16-10-9-15-31(32)26(4)40/h7,9-10,13,15-16,29,33-35H,3,8,11-12,14,17-24H2,1-2,4-6H3/b13-7-,36-30-. The van der Waals surface area contributed by atoms with E-state index in [0.29, 0.717) is 18.0 Å². The summed E-state index contributed by atoms with van der Waals surface area (Å²) in [6, 6.07) is 7.34. The van der Waals surface area contributed by atoms with Gasteiger partial charge in [0.2, 0.25) is 11.8 Å². The molecule has 2 amide bonds. The van der Waals surface area contributed by atoms with E-state index in [4.69, 9.17) is 0 Å². The van der Waals surface area contributed by atoms with Crippen LogP contribution in [-0.2, 0) is 9.59 Å². The molecule has 3 aliphatic rings. The molecule has 44 heavy (non-hydrogen) atoms. The van der Waals surface area contributed by atoms with Crippen LogP contribution in [0.2, 0.25) is 0 Å². The number of carbonyl (C=O) groups is 3. The maximum absolute atomic E-state index is 14.6. The molecule has 0 N–H and O–H groups in total. The number of rotatable bonds is 9. The van der Waals surface area contributed by atoms with Crippen LogP contribution in [0.3, 0.4) is 0 Å². The molecule has 1 aromatic rings. The van der Waals surface area contributed by atoms with Gasteiger partial charge in [-0.25, -0.2) is 0 Å². The second-order valence-corrected chi connectivity index (χ2v) is 14.9. The zero-order valence-electron chi connectivity index (χ0n) is 27.4. The summed E-state index contributed by atoms with van der Waals surface area (Å²) in [7, 11) is -1.86. The highest BCUT2D eigenvalue weighted by molar-refractivity contribution is 7.53. The number of piperidine rings is 1. The van der Waals surface area contributed by atoms with Gasteiger partial charge in [0.25, 0.3) is 0 Å².